The van der Waals surface area contributed by atoms with Crippen LogP contribution < -0.4 is 20.1 Å². The monoisotopic (exact) mass is 608 g/mol. The molecule has 10 nitrogen and oxygen atoms in total. The molecule has 0 bridgehead atoms. The number of carbonyl (C=O) groups is 1. The van der Waals surface area contributed by atoms with Crippen LogP contribution in [0.4, 0.5) is 0 Å². The highest BCUT2D eigenvalue weighted by Gasteiger charge is 2.07. The highest BCUT2D eigenvalue weighted by Crippen LogP contribution is 2.14. The summed E-state index contributed by atoms with van der Waals surface area (Å²) >= 11 is 0. The molecule has 10 heteroatoms. The van der Waals surface area contributed by atoms with Crippen molar-refractivity contribution < 1.29 is 39.1 Å². The lowest BCUT2D eigenvalue weighted by atomic mass is 10.1. The lowest BCUT2D eigenvalue weighted by molar-refractivity contribution is -0.136. The van der Waals surface area contributed by atoms with E-state index in [2.05, 4.69) is 10.6 Å². The van der Waals surface area contributed by atoms with Crippen LogP contribution in [0.25, 0.3) is 0 Å². The van der Waals surface area contributed by atoms with Crippen LogP contribution in [-0.2, 0) is 27.1 Å². The summed E-state index contributed by atoms with van der Waals surface area (Å²) in [4.78, 5) is 9.37. The molecule has 2 unspecified atom stereocenters. The van der Waals surface area contributed by atoms with Gasteiger partial charge in [-0.15, -0.1) is 0 Å². The fourth-order valence-corrected chi connectivity index (χ4v) is 3.19. The molecule has 43 heavy (non-hydrogen) atoms. The summed E-state index contributed by atoms with van der Waals surface area (Å²) in [6.45, 7) is 12.9. The maximum atomic E-state index is 9.73. The molecule has 0 amide bonds. The summed E-state index contributed by atoms with van der Waals surface area (Å²) in [5, 5.41) is 33.5. The summed E-state index contributed by atoms with van der Waals surface area (Å²) in [6, 6.07) is 16.5. The predicted molar refractivity (Wildman–Crippen MR) is 171 cm³/mol. The third kappa shape index (κ3) is 24.4. The van der Waals surface area contributed by atoms with Gasteiger partial charge in [-0.05, 0) is 48.2 Å². The molecule has 0 fully saturated rings. The molecule has 0 aliphatic heterocycles. The first-order valence-electron chi connectivity index (χ1n) is 15.0. The number of nitrogens with one attached hydrogen (secondary N) is 2. The Bertz CT molecular complexity index is 854. The lowest BCUT2D eigenvalue weighted by Gasteiger charge is -2.15. The third-order valence-corrected chi connectivity index (χ3v) is 5.75. The highest BCUT2D eigenvalue weighted by atomic mass is 16.5. The van der Waals surface area contributed by atoms with Crippen LogP contribution in [-0.4, -0.2) is 99.3 Å². The standard InChI is InChI=1S/2C15H25NO3.C3H6O2/c2*1-12(2)16-10-14(17)11-19-15-6-4-13(5-7-15)8-9-18-3;1-2-3(4)5/h2*4-7,12,14,16-17H,8-11H2,1-3H3;2H2,1H3,(H,4,5). The van der Waals surface area contributed by atoms with Crippen molar-refractivity contribution in [2.45, 2.75) is 78.2 Å². The van der Waals surface area contributed by atoms with E-state index in [1.807, 2.05) is 76.2 Å². The van der Waals surface area contributed by atoms with E-state index in [0.29, 0.717) is 38.4 Å². The van der Waals surface area contributed by atoms with E-state index >= 15 is 0 Å². The molecule has 0 aliphatic carbocycles. The van der Waals surface area contributed by atoms with Gasteiger partial charge in [0.15, 0.2) is 0 Å². The number of carboxylic acids is 1. The maximum Gasteiger partial charge on any atom is 0.303 e. The first-order chi connectivity index (χ1) is 20.5. The van der Waals surface area contributed by atoms with E-state index in [1.165, 1.54) is 11.1 Å². The minimum atomic E-state index is -0.745. The van der Waals surface area contributed by atoms with Gasteiger partial charge in [0.25, 0.3) is 0 Å². The van der Waals surface area contributed by atoms with Crippen LogP contribution in [0.3, 0.4) is 0 Å². The molecule has 246 valence electrons. The van der Waals surface area contributed by atoms with Gasteiger partial charge < -0.3 is 44.9 Å². The summed E-state index contributed by atoms with van der Waals surface area (Å²) in [5.74, 6) is 0.819. The van der Waals surface area contributed by atoms with E-state index in [9.17, 15) is 15.0 Å². The highest BCUT2D eigenvalue weighted by molar-refractivity contribution is 5.66. The minimum Gasteiger partial charge on any atom is -0.491 e. The molecule has 0 heterocycles. The van der Waals surface area contributed by atoms with E-state index in [4.69, 9.17) is 24.1 Å². The molecule has 5 N–H and O–H groups in total. The number of aliphatic hydroxyl groups is 2. The molecule has 2 rings (SSSR count). The molecule has 0 saturated carbocycles. The molecule has 2 atom stereocenters. The second-order valence-corrected chi connectivity index (χ2v) is 10.6. The van der Waals surface area contributed by atoms with Crippen molar-refractivity contribution in [3.8, 4) is 11.5 Å². The van der Waals surface area contributed by atoms with Gasteiger partial charge in [-0.3, -0.25) is 4.79 Å². The van der Waals surface area contributed by atoms with Crippen LogP contribution in [0.1, 0.15) is 52.2 Å². The third-order valence-electron chi connectivity index (χ3n) is 5.75. The molecule has 0 spiro atoms. The number of carboxylic acid groups (broad SMARTS) is 1. The van der Waals surface area contributed by atoms with Crippen molar-refractivity contribution in [1.82, 2.24) is 10.6 Å². The second-order valence-electron chi connectivity index (χ2n) is 10.6. The van der Waals surface area contributed by atoms with E-state index < -0.39 is 18.2 Å². The second kappa shape index (κ2) is 25.7. The van der Waals surface area contributed by atoms with E-state index in [1.54, 1.807) is 21.1 Å². The van der Waals surface area contributed by atoms with Gasteiger partial charge >= 0.3 is 5.97 Å². The van der Waals surface area contributed by atoms with Crippen LogP contribution in [0, 0.1) is 0 Å². The summed E-state index contributed by atoms with van der Waals surface area (Å²) < 4.78 is 21.1. The van der Waals surface area contributed by atoms with Crippen LogP contribution in [0.5, 0.6) is 11.5 Å². The normalized spacial score (nSPS) is 12.1. The Morgan fingerprint density at radius 3 is 1.28 bits per heavy atom. The topological polar surface area (TPSA) is 139 Å². The Hall–Kier alpha value is -2.73. The number of methoxy groups -OCH3 is 2. The molecule has 0 aromatic heterocycles. The van der Waals surface area contributed by atoms with Gasteiger partial charge in [0.05, 0.1) is 13.2 Å². The molecular weight excluding hydrogens is 552 g/mol. The number of hydrogen-bond donors (Lipinski definition) is 5. The predicted octanol–water partition coefficient (Wildman–Crippen LogP) is 3.71. The van der Waals surface area contributed by atoms with Gasteiger partial charge in [-0.25, -0.2) is 0 Å². The SMILES string of the molecule is CCC(=O)O.COCCc1ccc(OCC(O)CNC(C)C)cc1.COCCc1ccc(OCC(O)CNC(C)C)cc1. The molecule has 2 aromatic rings. The zero-order chi connectivity index (χ0) is 32.5. The van der Waals surface area contributed by atoms with Gasteiger partial charge in [-0.1, -0.05) is 58.9 Å². The Kier molecular flexibility index (Phi) is 24.1. The Morgan fingerprint density at radius 1 is 0.698 bits per heavy atom. The zero-order valence-electron chi connectivity index (χ0n) is 27.2. The lowest BCUT2D eigenvalue weighted by Crippen LogP contribution is -2.35. The quantitative estimate of drug-likeness (QED) is 0.160. The van der Waals surface area contributed by atoms with E-state index in [-0.39, 0.29) is 6.42 Å². The van der Waals surface area contributed by atoms with Crippen molar-refractivity contribution in [1.29, 1.82) is 0 Å². The Morgan fingerprint density at radius 2 is 1.02 bits per heavy atom. The minimum absolute atomic E-state index is 0.222. The smallest absolute Gasteiger partial charge is 0.303 e. The molecule has 2 aromatic carbocycles. The molecular formula is C33H56N2O8. The fraction of sp³-hybridized carbons (Fsp3) is 0.606. The number of benzene rings is 2. The van der Waals surface area contributed by atoms with Crippen LogP contribution in [0.15, 0.2) is 48.5 Å². The van der Waals surface area contributed by atoms with Gasteiger partial charge in [0, 0.05) is 45.8 Å². The number of aliphatic carboxylic acids is 1. The molecule has 0 saturated heterocycles. The number of hydrogen-bond acceptors (Lipinski definition) is 9. The first kappa shape index (κ1) is 40.3. The average Bonchev–Trinajstić information content (AvgIpc) is 3.00. The zero-order valence-corrected chi connectivity index (χ0v) is 27.2. The van der Waals surface area contributed by atoms with Crippen molar-refractivity contribution in [2.24, 2.45) is 0 Å². The maximum absolute atomic E-state index is 9.73. The van der Waals surface area contributed by atoms with Gasteiger partial charge in [-0.2, -0.15) is 0 Å². The van der Waals surface area contributed by atoms with Crippen LogP contribution in [0.2, 0.25) is 0 Å². The van der Waals surface area contributed by atoms with Crippen molar-refractivity contribution in [2.75, 3.05) is 53.7 Å². The number of aliphatic hydroxyl groups excluding tert-OH is 2. The number of rotatable bonds is 19. The van der Waals surface area contributed by atoms with Crippen molar-refractivity contribution in [3.05, 3.63) is 59.7 Å². The van der Waals surface area contributed by atoms with Crippen molar-refractivity contribution in [3.63, 3.8) is 0 Å². The average molecular weight is 609 g/mol. The van der Waals surface area contributed by atoms with Crippen molar-refractivity contribution >= 4 is 5.97 Å². The summed E-state index contributed by atoms with van der Waals surface area (Å²) in [6.07, 6.45) is 1.04. The summed E-state index contributed by atoms with van der Waals surface area (Å²) in [7, 11) is 3.40. The Labute approximate surface area is 258 Å². The van der Waals surface area contributed by atoms with E-state index in [0.717, 1.165) is 37.6 Å². The first-order valence-corrected chi connectivity index (χ1v) is 15.0. The fourth-order valence-electron chi connectivity index (χ4n) is 3.19. The number of ether oxygens (including phenoxy) is 4. The molecule has 0 aliphatic rings. The van der Waals surface area contributed by atoms with Crippen LogP contribution >= 0.6 is 0 Å². The molecule has 0 radical (unpaired) electrons. The largest absolute Gasteiger partial charge is 0.491 e. The Balaban J connectivity index is 0.000000709. The summed E-state index contributed by atoms with van der Waals surface area (Å²) in [5.41, 5.74) is 2.44. The van der Waals surface area contributed by atoms with Gasteiger partial charge in [0.1, 0.15) is 36.9 Å². The van der Waals surface area contributed by atoms with Gasteiger partial charge in [0.2, 0.25) is 0 Å².